The van der Waals surface area contributed by atoms with E-state index in [1.165, 1.54) is 0 Å². The zero-order valence-corrected chi connectivity index (χ0v) is 26.7. The van der Waals surface area contributed by atoms with Crippen LogP contribution >= 0.6 is 0 Å². The molecule has 0 saturated heterocycles. The minimum Gasteiger partial charge on any atom is -0.337 e. The van der Waals surface area contributed by atoms with E-state index in [2.05, 4.69) is 48.6 Å². The molecule has 0 aliphatic rings. The van der Waals surface area contributed by atoms with Gasteiger partial charge in [0.15, 0.2) is 0 Å². The summed E-state index contributed by atoms with van der Waals surface area (Å²) >= 11 is 0. The Morgan fingerprint density at radius 1 is 0.460 bits per heavy atom. The summed E-state index contributed by atoms with van der Waals surface area (Å²) in [6.45, 7) is 23.1. The minimum absolute atomic E-state index is 0.0355. The van der Waals surface area contributed by atoms with Gasteiger partial charge in [-0.3, -0.25) is 0 Å². The molecule has 0 N–H and O–H groups in total. The van der Waals surface area contributed by atoms with Crippen molar-refractivity contribution in [3.05, 3.63) is 201 Å². The van der Waals surface area contributed by atoms with Crippen LogP contribution in [0.3, 0.4) is 0 Å². The van der Waals surface area contributed by atoms with Crippen LogP contribution < -0.4 is 9.80 Å². The fourth-order valence-corrected chi connectivity index (χ4v) is 5.38. The lowest BCUT2D eigenvalue weighted by Gasteiger charge is -2.27. The first kappa shape index (κ1) is 33.5. The number of anilines is 4. The molecule has 8 heteroatoms. The van der Waals surface area contributed by atoms with E-state index in [1.54, 1.807) is 24.3 Å². The monoisotopic (exact) mass is 642 g/mol. The molecule has 0 radical (unpaired) electrons. The molecule has 8 nitrogen and oxygen atoms in total. The molecular weight excluding hydrogens is 617 g/mol. The average Bonchev–Trinajstić information content (AvgIpc) is 3.18. The quantitative estimate of drug-likeness (QED) is 0.112. The number of benzene rings is 5. The highest BCUT2D eigenvalue weighted by Crippen LogP contribution is 2.32. The van der Waals surface area contributed by atoms with Crippen molar-refractivity contribution in [3.8, 4) is 18.2 Å². The first-order valence-corrected chi connectivity index (χ1v) is 15.3. The number of nitrogens with zero attached hydrogens (tertiary/aromatic N) is 8. The highest BCUT2D eigenvalue weighted by molar-refractivity contribution is 5.83. The van der Waals surface area contributed by atoms with Crippen molar-refractivity contribution in [1.82, 2.24) is 0 Å². The smallest absolute Gasteiger partial charge is 0.279 e. The van der Waals surface area contributed by atoms with Crippen molar-refractivity contribution < 1.29 is 0 Å². The second kappa shape index (κ2) is 16.1. The standard InChI is InChI=1S/C42H26N8/c1-46-40(27-44)39(26-43)33-18-22-37(23-19-33)49(35-10-6-4-7-11-35)29-31-14-16-32(17-15-31)30-50(36-12-8-5-9-13-36)38-24-20-34(21-25-38)42(48-3)41(28-45)47-2/h4-25H,29-30H2/b40-39-,42-41-. The molecule has 234 valence electrons. The van der Waals surface area contributed by atoms with Gasteiger partial charge >= 0.3 is 0 Å². The van der Waals surface area contributed by atoms with Gasteiger partial charge < -0.3 is 9.80 Å². The van der Waals surface area contributed by atoms with Crippen LogP contribution in [0.15, 0.2) is 145 Å². The summed E-state index contributed by atoms with van der Waals surface area (Å²) in [5.74, 6) is 0. The molecule has 0 spiro atoms. The molecule has 0 fully saturated rings. The molecule has 0 saturated carbocycles. The Morgan fingerprint density at radius 2 is 0.860 bits per heavy atom. The maximum Gasteiger partial charge on any atom is 0.279 e. The first-order valence-electron chi connectivity index (χ1n) is 15.3. The van der Waals surface area contributed by atoms with Crippen molar-refractivity contribution in [2.75, 3.05) is 9.80 Å². The Kier molecular flexibility index (Phi) is 10.8. The second-order valence-electron chi connectivity index (χ2n) is 10.8. The third-order valence-electron chi connectivity index (χ3n) is 7.88. The Hall–Kier alpha value is -7.88. The molecule has 0 heterocycles. The molecule has 0 aliphatic carbocycles. The summed E-state index contributed by atoms with van der Waals surface area (Å²) in [5.41, 5.74) is 6.53. The van der Waals surface area contributed by atoms with Gasteiger partial charge in [0, 0.05) is 35.8 Å². The lowest BCUT2D eigenvalue weighted by molar-refractivity contribution is 0.954. The topological polar surface area (TPSA) is 90.9 Å². The van der Waals surface area contributed by atoms with Gasteiger partial charge in [-0.1, -0.05) is 84.9 Å². The SMILES string of the molecule is [C-]#[N+]/C(C#N)=C(\[N+]#[C-])c1ccc(N(Cc2ccc(CN(c3ccccc3)c3ccc(/C(C#N)=C(/C#N)[N+]#[C-])cc3)cc2)c2ccccc2)cc1. The van der Waals surface area contributed by atoms with E-state index in [0.717, 1.165) is 33.9 Å². The largest absolute Gasteiger partial charge is 0.337 e. The van der Waals surface area contributed by atoms with Gasteiger partial charge in [0.2, 0.25) is 5.70 Å². The van der Waals surface area contributed by atoms with E-state index < -0.39 is 0 Å². The van der Waals surface area contributed by atoms with Crippen molar-refractivity contribution in [2.45, 2.75) is 13.1 Å². The summed E-state index contributed by atoms with van der Waals surface area (Å²) in [7, 11) is 0. The van der Waals surface area contributed by atoms with Gasteiger partial charge in [-0.05, 0) is 70.8 Å². The Bertz CT molecular complexity index is 2100. The lowest BCUT2D eigenvalue weighted by atomic mass is 10.0. The number of rotatable bonds is 10. The summed E-state index contributed by atoms with van der Waals surface area (Å²) < 4.78 is 0. The number of allylic oxidation sites excluding steroid dienone is 3. The zero-order valence-electron chi connectivity index (χ0n) is 26.7. The number of nitriles is 3. The van der Waals surface area contributed by atoms with Gasteiger partial charge in [-0.15, -0.1) is 0 Å². The lowest BCUT2D eigenvalue weighted by Crippen LogP contribution is -2.17. The van der Waals surface area contributed by atoms with Gasteiger partial charge in [0.25, 0.3) is 11.4 Å². The molecule has 0 amide bonds. The summed E-state index contributed by atoms with van der Waals surface area (Å²) in [4.78, 5) is 14.2. The van der Waals surface area contributed by atoms with Crippen molar-refractivity contribution in [1.29, 1.82) is 15.8 Å². The fraction of sp³-hybridized carbons (Fsp3) is 0.0476. The molecule has 0 aliphatic heterocycles. The van der Waals surface area contributed by atoms with E-state index in [4.69, 9.17) is 19.7 Å². The normalized spacial score (nSPS) is 11.1. The molecule has 0 atom stereocenters. The molecule has 50 heavy (non-hydrogen) atoms. The summed E-state index contributed by atoms with van der Waals surface area (Å²) in [6.07, 6.45) is 0. The predicted octanol–water partition coefficient (Wildman–Crippen LogP) is 10.1. The van der Waals surface area contributed by atoms with Gasteiger partial charge in [0.05, 0.1) is 43.5 Å². The van der Waals surface area contributed by atoms with Crippen LogP contribution in [-0.4, -0.2) is 0 Å². The van der Waals surface area contributed by atoms with Gasteiger partial charge in [-0.2, -0.15) is 5.26 Å². The highest BCUT2D eigenvalue weighted by atomic mass is 15.1. The van der Waals surface area contributed by atoms with Gasteiger partial charge in [-0.25, -0.2) is 25.1 Å². The maximum absolute atomic E-state index is 9.60. The van der Waals surface area contributed by atoms with Crippen LogP contribution in [0.4, 0.5) is 22.7 Å². The molecule has 5 aromatic rings. The van der Waals surface area contributed by atoms with Crippen LogP contribution in [0.25, 0.3) is 25.8 Å². The van der Waals surface area contributed by atoms with E-state index in [0.29, 0.717) is 24.2 Å². The Balaban J connectivity index is 1.42. The number of hydrogen-bond donors (Lipinski definition) is 0. The summed E-state index contributed by atoms with van der Waals surface area (Å²) in [6, 6.07) is 48.5. The maximum atomic E-state index is 9.60. The summed E-state index contributed by atoms with van der Waals surface area (Å²) in [5, 5.41) is 28.2. The van der Waals surface area contributed by atoms with Crippen LogP contribution in [0, 0.1) is 53.7 Å². The number of hydrogen-bond acceptors (Lipinski definition) is 5. The van der Waals surface area contributed by atoms with Gasteiger partial charge in [0.1, 0.15) is 0 Å². The Labute approximate surface area is 291 Å². The van der Waals surface area contributed by atoms with Crippen LogP contribution in [0.2, 0.25) is 0 Å². The molecule has 5 rings (SSSR count). The molecular formula is C42H26N8. The van der Waals surface area contributed by atoms with Crippen molar-refractivity contribution in [2.24, 2.45) is 0 Å². The molecule has 5 aromatic carbocycles. The second-order valence-corrected chi connectivity index (χ2v) is 10.8. The molecule has 0 aromatic heterocycles. The minimum atomic E-state index is -0.236. The predicted molar refractivity (Wildman–Crippen MR) is 194 cm³/mol. The third-order valence-corrected chi connectivity index (χ3v) is 7.88. The van der Waals surface area contributed by atoms with E-state index in [1.807, 2.05) is 103 Å². The number of para-hydroxylation sites is 2. The zero-order chi connectivity index (χ0) is 35.3. The average molecular weight is 643 g/mol. The Morgan fingerprint density at radius 3 is 1.22 bits per heavy atom. The van der Waals surface area contributed by atoms with E-state index in [-0.39, 0.29) is 22.7 Å². The van der Waals surface area contributed by atoms with Crippen molar-refractivity contribution in [3.63, 3.8) is 0 Å². The highest BCUT2D eigenvalue weighted by Gasteiger charge is 2.16. The van der Waals surface area contributed by atoms with E-state index >= 15 is 0 Å². The van der Waals surface area contributed by atoms with E-state index in [9.17, 15) is 15.8 Å². The molecule has 0 bridgehead atoms. The molecule has 0 unspecified atom stereocenters. The van der Waals surface area contributed by atoms with Crippen LogP contribution in [0.5, 0.6) is 0 Å². The first-order chi connectivity index (χ1) is 24.5. The van der Waals surface area contributed by atoms with Crippen molar-refractivity contribution >= 4 is 34.0 Å². The third kappa shape index (κ3) is 7.56. The van der Waals surface area contributed by atoms with Crippen LogP contribution in [0.1, 0.15) is 22.3 Å². The van der Waals surface area contributed by atoms with Crippen LogP contribution in [-0.2, 0) is 13.1 Å². The fourth-order valence-electron chi connectivity index (χ4n) is 5.38.